The largest absolute Gasteiger partial charge is 0.495 e. The molecule has 106 valence electrons. The van der Waals surface area contributed by atoms with Crippen LogP contribution in [0.15, 0.2) is 18.2 Å². The molecule has 0 aromatic heterocycles. The van der Waals surface area contributed by atoms with Crippen molar-refractivity contribution >= 4 is 5.69 Å². The summed E-state index contributed by atoms with van der Waals surface area (Å²) in [5, 5.41) is 19.9. The van der Waals surface area contributed by atoms with Gasteiger partial charge in [0.05, 0.1) is 24.3 Å². The van der Waals surface area contributed by atoms with Gasteiger partial charge in [0.2, 0.25) is 0 Å². The highest BCUT2D eigenvalue weighted by Gasteiger charge is 2.52. The molecule has 0 radical (unpaired) electrons. The van der Waals surface area contributed by atoms with Crippen molar-refractivity contribution in [3.05, 3.63) is 23.8 Å². The van der Waals surface area contributed by atoms with E-state index < -0.39 is 5.60 Å². The zero-order chi connectivity index (χ0) is 14.3. The van der Waals surface area contributed by atoms with Crippen LogP contribution in [0.3, 0.4) is 0 Å². The fourth-order valence-corrected chi connectivity index (χ4v) is 3.40. The highest BCUT2D eigenvalue weighted by Crippen LogP contribution is 2.48. The molecular weight excluding hydrogens is 252 g/mol. The number of nitrogens with zero attached hydrogens (tertiary/aromatic N) is 2. The number of anilines is 1. The highest BCUT2D eigenvalue weighted by molar-refractivity contribution is 5.58. The van der Waals surface area contributed by atoms with Crippen molar-refractivity contribution in [2.75, 3.05) is 18.6 Å². The number of nitriles is 1. The molecule has 0 amide bonds. The standard InChI is InChI=1S/C16H20N2O2/c1-11-16(19,13-4-5-13)7-8-18(11)14-6-3-12(10-17)15(9-14)20-2/h3,6,9,11,13,19H,4-5,7-8H2,1-2H3/t11-,16-/m0/s1. The van der Waals surface area contributed by atoms with E-state index in [9.17, 15) is 5.11 Å². The normalized spacial score (nSPS) is 29.3. The maximum Gasteiger partial charge on any atom is 0.138 e. The van der Waals surface area contributed by atoms with Gasteiger partial charge in [-0.05, 0) is 44.2 Å². The molecule has 2 atom stereocenters. The van der Waals surface area contributed by atoms with Gasteiger partial charge in [0.15, 0.2) is 0 Å². The lowest BCUT2D eigenvalue weighted by Crippen LogP contribution is -2.44. The van der Waals surface area contributed by atoms with Crippen LogP contribution in [0.25, 0.3) is 0 Å². The SMILES string of the molecule is COc1cc(N2CC[C@@](O)(C3CC3)[C@@H]2C)ccc1C#N. The third kappa shape index (κ3) is 1.94. The predicted octanol–water partition coefficient (Wildman–Crippen LogP) is 2.31. The van der Waals surface area contributed by atoms with Crippen LogP contribution in [0.4, 0.5) is 5.69 Å². The van der Waals surface area contributed by atoms with Crippen LogP contribution in [0.2, 0.25) is 0 Å². The fourth-order valence-electron chi connectivity index (χ4n) is 3.40. The number of rotatable bonds is 3. The Kier molecular flexibility index (Phi) is 3.10. The first kappa shape index (κ1) is 13.3. The molecule has 1 aliphatic heterocycles. The van der Waals surface area contributed by atoms with Crippen LogP contribution < -0.4 is 9.64 Å². The van der Waals surface area contributed by atoms with Gasteiger partial charge in [0.25, 0.3) is 0 Å². The minimum atomic E-state index is -0.554. The Morgan fingerprint density at radius 1 is 1.45 bits per heavy atom. The maximum absolute atomic E-state index is 10.8. The lowest BCUT2D eigenvalue weighted by molar-refractivity contribution is 0.0142. The van der Waals surface area contributed by atoms with Gasteiger partial charge >= 0.3 is 0 Å². The van der Waals surface area contributed by atoms with Gasteiger partial charge in [-0.25, -0.2) is 0 Å². The molecule has 0 bridgehead atoms. The molecule has 4 heteroatoms. The summed E-state index contributed by atoms with van der Waals surface area (Å²) in [6.07, 6.45) is 3.11. The first-order chi connectivity index (χ1) is 9.60. The zero-order valence-corrected chi connectivity index (χ0v) is 12.0. The molecule has 1 aromatic carbocycles. The van der Waals surface area contributed by atoms with E-state index >= 15 is 0 Å². The van der Waals surface area contributed by atoms with Crippen LogP contribution >= 0.6 is 0 Å². The van der Waals surface area contributed by atoms with Gasteiger partial charge < -0.3 is 14.7 Å². The maximum atomic E-state index is 10.8. The van der Waals surface area contributed by atoms with Gasteiger partial charge in [-0.2, -0.15) is 5.26 Å². The van der Waals surface area contributed by atoms with Crippen molar-refractivity contribution in [2.24, 2.45) is 5.92 Å². The number of ether oxygens (including phenoxy) is 1. The van der Waals surface area contributed by atoms with Crippen molar-refractivity contribution in [1.82, 2.24) is 0 Å². The van der Waals surface area contributed by atoms with E-state index in [4.69, 9.17) is 10.00 Å². The molecule has 1 saturated carbocycles. The van der Waals surface area contributed by atoms with E-state index in [0.29, 0.717) is 17.2 Å². The number of benzene rings is 1. The Hall–Kier alpha value is -1.73. The molecule has 1 N–H and O–H groups in total. The molecule has 4 nitrogen and oxygen atoms in total. The van der Waals surface area contributed by atoms with Crippen LogP contribution in [-0.4, -0.2) is 30.4 Å². The molecule has 0 unspecified atom stereocenters. The van der Waals surface area contributed by atoms with Gasteiger partial charge in [-0.15, -0.1) is 0 Å². The minimum absolute atomic E-state index is 0.104. The van der Waals surface area contributed by atoms with Crippen molar-refractivity contribution in [3.63, 3.8) is 0 Å². The highest BCUT2D eigenvalue weighted by atomic mass is 16.5. The van der Waals surface area contributed by atoms with Crippen molar-refractivity contribution < 1.29 is 9.84 Å². The molecule has 1 aliphatic carbocycles. The molecule has 20 heavy (non-hydrogen) atoms. The topological polar surface area (TPSA) is 56.5 Å². The molecule has 2 fully saturated rings. The molecule has 1 aromatic rings. The fraction of sp³-hybridized carbons (Fsp3) is 0.562. The third-order valence-electron chi connectivity index (χ3n) is 4.87. The van der Waals surface area contributed by atoms with Crippen molar-refractivity contribution in [2.45, 2.75) is 37.8 Å². The average Bonchev–Trinajstić information content (AvgIpc) is 3.27. The second-order valence-electron chi connectivity index (χ2n) is 5.88. The van der Waals surface area contributed by atoms with Gasteiger partial charge in [-0.3, -0.25) is 0 Å². The summed E-state index contributed by atoms with van der Waals surface area (Å²) in [6, 6.07) is 7.86. The lowest BCUT2D eigenvalue weighted by atomic mass is 9.90. The Balaban J connectivity index is 1.89. The van der Waals surface area contributed by atoms with Crippen LogP contribution in [0, 0.1) is 17.2 Å². The second kappa shape index (κ2) is 4.68. The van der Waals surface area contributed by atoms with Crippen LogP contribution in [0.5, 0.6) is 5.75 Å². The summed E-state index contributed by atoms with van der Waals surface area (Å²) in [5.41, 5.74) is 1.01. The van der Waals surface area contributed by atoms with E-state index in [0.717, 1.165) is 31.5 Å². The first-order valence-electron chi connectivity index (χ1n) is 7.17. The average molecular weight is 272 g/mol. The summed E-state index contributed by atoms with van der Waals surface area (Å²) in [7, 11) is 1.58. The Morgan fingerprint density at radius 3 is 2.80 bits per heavy atom. The van der Waals surface area contributed by atoms with E-state index in [1.807, 2.05) is 12.1 Å². The zero-order valence-electron chi connectivity index (χ0n) is 12.0. The Morgan fingerprint density at radius 2 is 2.20 bits per heavy atom. The summed E-state index contributed by atoms with van der Waals surface area (Å²) < 4.78 is 5.27. The van der Waals surface area contributed by atoms with E-state index in [1.54, 1.807) is 13.2 Å². The van der Waals surface area contributed by atoms with E-state index in [1.165, 1.54) is 0 Å². The van der Waals surface area contributed by atoms with Crippen molar-refractivity contribution in [1.29, 1.82) is 5.26 Å². The van der Waals surface area contributed by atoms with Gasteiger partial charge in [0, 0.05) is 18.3 Å². The number of hydrogen-bond donors (Lipinski definition) is 1. The van der Waals surface area contributed by atoms with Crippen LogP contribution in [0.1, 0.15) is 31.7 Å². The molecule has 2 aliphatic rings. The molecule has 1 heterocycles. The number of aliphatic hydroxyl groups is 1. The minimum Gasteiger partial charge on any atom is -0.495 e. The molecule has 3 rings (SSSR count). The second-order valence-corrected chi connectivity index (χ2v) is 5.88. The number of hydrogen-bond acceptors (Lipinski definition) is 4. The van der Waals surface area contributed by atoms with Crippen LogP contribution in [-0.2, 0) is 0 Å². The summed E-state index contributed by atoms with van der Waals surface area (Å²) in [6.45, 7) is 2.94. The van der Waals surface area contributed by atoms with Gasteiger partial charge in [-0.1, -0.05) is 0 Å². The Bertz CT molecular complexity index is 562. The first-order valence-corrected chi connectivity index (χ1v) is 7.17. The van der Waals surface area contributed by atoms with E-state index in [2.05, 4.69) is 17.9 Å². The summed E-state index contributed by atoms with van der Waals surface area (Å²) in [4.78, 5) is 2.22. The smallest absolute Gasteiger partial charge is 0.138 e. The Labute approximate surface area is 119 Å². The van der Waals surface area contributed by atoms with E-state index in [-0.39, 0.29) is 6.04 Å². The predicted molar refractivity (Wildman–Crippen MR) is 76.8 cm³/mol. The lowest BCUT2D eigenvalue weighted by Gasteiger charge is -2.32. The van der Waals surface area contributed by atoms with Crippen molar-refractivity contribution in [3.8, 4) is 11.8 Å². The summed E-state index contributed by atoms with van der Waals surface area (Å²) in [5.74, 6) is 1.06. The third-order valence-corrected chi connectivity index (χ3v) is 4.87. The number of methoxy groups -OCH3 is 1. The molecule has 0 spiro atoms. The van der Waals surface area contributed by atoms with Gasteiger partial charge in [0.1, 0.15) is 11.8 Å². The monoisotopic (exact) mass is 272 g/mol. The summed E-state index contributed by atoms with van der Waals surface area (Å²) >= 11 is 0. The molecule has 1 saturated heterocycles. The molecular formula is C16H20N2O2. The quantitative estimate of drug-likeness (QED) is 0.917.